The summed E-state index contributed by atoms with van der Waals surface area (Å²) in [4.78, 5) is 34.9. The molecule has 0 radical (unpaired) electrons. The summed E-state index contributed by atoms with van der Waals surface area (Å²) in [6.45, 7) is 0.538. The van der Waals surface area contributed by atoms with Gasteiger partial charge in [-0.25, -0.2) is 0 Å². The van der Waals surface area contributed by atoms with E-state index < -0.39 is 18.3 Å². The number of anilines is 1. The summed E-state index contributed by atoms with van der Waals surface area (Å²) in [5.74, 6) is -0.00480. The molecule has 0 spiro atoms. The Morgan fingerprint density at radius 1 is 0.911 bits per heavy atom. The molecular weight excluding hydrogens is 595 g/mol. The van der Waals surface area contributed by atoms with Crippen molar-refractivity contribution in [3.63, 3.8) is 0 Å². The number of halogens is 3. The monoisotopic (exact) mass is 631 g/mol. The largest absolute Gasteiger partial charge is 0.573 e. The Morgan fingerprint density at radius 3 is 2.24 bits per heavy atom. The van der Waals surface area contributed by atoms with Crippen molar-refractivity contribution in [2.75, 3.05) is 32.6 Å². The summed E-state index contributed by atoms with van der Waals surface area (Å²) < 4.78 is 57.1. The highest BCUT2D eigenvalue weighted by molar-refractivity contribution is 5.97. The fourth-order valence-electron chi connectivity index (χ4n) is 4.96. The van der Waals surface area contributed by atoms with Crippen LogP contribution in [0.25, 0.3) is 0 Å². The van der Waals surface area contributed by atoms with E-state index in [2.05, 4.69) is 30.7 Å². The van der Waals surface area contributed by atoms with Gasteiger partial charge in [0.1, 0.15) is 17.5 Å². The molecule has 1 aromatic heterocycles. The first-order valence-corrected chi connectivity index (χ1v) is 14.5. The number of rotatable bonds is 14. The number of carbonyl (C=O) groups is 2. The third-order valence-electron chi connectivity index (χ3n) is 7.14. The summed E-state index contributed by atoms with van der Waals surface area (Å²) in [6.07, 6.45) is 1.04. The van der Waals surface area contributed by atoms with Gasteiger partial charge in [-0.3, -0.25) is 9.59 Å². The molecule has 1 aliphatic carbocycles. The number of amides is 2. The summed E-state index contributed by atoms with van der Waals surface area (Å²) >= 11 is 0. The SMILES string of the molecule is COc1cc(OC)nc(Oc2cccc(C(=O)N[C@@H](CC3CCCCC3)C(=O)NCCNc3ccc(OC(F)(F)F)cc3)c2)n1. The highest BCUT2D eigenvalue weighted by Crippen LogP contribution is 2.28. The van der Waals surface area contributed by atoms with Gasteiger partial charge in [-0.15, -0.1) is 13.2 Å². The molecule has 242 valence electrons. The number of ether oxygens (including phenoxy) is 4. The molecule has 3 N–H and O–H groups in total. The number of hydrogen-bond acceptors (Lipinski definition) is 9. The lowest BCUT2D eigenvalue weighted by Gasteiger charge is -2.26. The van der Waals surface area contributed by atoms with E-state index in [9.17, 15) is 22.8 Å². The Bertz CT molecular complexity index is 1400. The number of aromatic nitrogens is 2. The average Bonchev–Trinajstić information content (AvgIpc) is 3.03. The van der Waals surface area contributed by atoms with Gasteiger partial charge in [0.25, 0.3) is 5.91 Å². The van der Waals surface area contributed by atoms with Gasteiger partial charge in [0.15, 0.2) is 0 Å². The molecular formula is C31H36F3N5O6. The molecule has 2 amide bonds. The zero-order valence-electron chi connectivity index (χ0n) is 25.0. The lowest BCUT2D eigenvalue weighted by molar-refractivity contribution is -0.274. The van der Waals surface area contributed by atoms with E-state index >= 15 is 0 Å². The quantitative estimate of drug-likeness (QED) is 0.198. The van der Waals surface area contributed by atoms with Crippen molar-refractivity contribution >= 4 is 17.5 Å². The van der Waals surface area contributed by atoms with Crippen LogP contribution in [0.1, 0.15) is 48.9 Å². The molecule has 0 saturated heterocycles. The first-order valence-electron chi connectivity index (χ1n) is 14.5. The fourth-order valence-corrected chi connectivity index (χ4v) is 4.96. The van der Waals surface area contributed by atoms with E-state index in [0.717, 1.165) is 32.1 Å². The lowest BCUT2D eigenvalue weighted by atomic mass is 9.84. The molecule has 2 aromatic carbocycles. The minimum absolute atomic E-state index is 0.0301. The van der Waals surface area contributed by atoms with Gasteiger partial charge in [-0.1, -0.05) is 38.2 Å². The van der Waals surface area contributed by atoms with Crippen LogP contribution in [0.2, 0.25) is 0 Å². The van der Waals surface area contributed by atoms with Gasteiger partial charge in [0.2, 0.25) is 17.7 Å². The van der Waals surface area contributed by atoms with Crippen molar-refractivity contribution in [2.24, 2.45) is 5.92 Å². The second kappa shape index (κ2) is 15.8. The minimum Gasteiger partial charge on any atom is -0.481 e. The fraction of sp³-hybridized carbons (Fsp3) is 0.419. The molecule has 1 atom stereocenters. The van der Waals surface area contributed by atoms with Crippen molar-refractivity contribution in [1.29, 1.82) is 0 Å². The molecule has 0 bridgehead atoms. The third-order valence-corrected chi connectivity index (χ3v) is 7.14. The van der Waals surface area contributed by atoms with Crippen LogP contribution < -0.4 is 34.9 Å². The van der Waals surface area contributed by atoms with Crippen LogP contribution >= 0.6 is 0 Å². The molecule has 11 nitrogen and oxygen atoms in total. The number of carbonyl (C=O) groups excluding carboxylic acids is 2. The number of alkyl halides is 3. The molecule has 1 saturated carbocycles. The first kappa shape index (κ1) is 33.1. The lowest BCUT2D eigenvalue weighted by Crippen LogP contribution is -2.48. The summed E-state index contributed by atoms with van der Waals surface area (Å²) in [6, 6.07) is 12.4. The predicted octanol–water partition coefficient (Wildman–Crippen LogP) is 5.48. The van der Waals surface area contributed by atoms with E-state index in [0.29, 0.717) is 30.3 Å². The average molecular weight is 632 g/mol. The highest BCUT2D eigenvalue weighted by Gasteiger charge is 2.31. The van der Waals surface area contributed by atoms with E-state index in [4.69, 9.17) is 14.2 Å². The Hall–Kier alpha value is -4.75. The van der Waals surface area contributed by atoms with E-state index in [1.54, 1.807) is 18.2 Å². The maximum Gasteiger partial charge on any atom is 0.573 e. The number of methoxy groups -OCH3 is 2. The number of nitrogens with zero attached hydrogens (tertiary/aromatic N) is 2. The van der Waals surface area contributed by atoms with E-state index in [1.165, 1.54) is 50.6 Å². The molecule has 14 heteroatoms. The topological polar surface area (TPSA) is 133 Å². The molecule has 1 heterocycles. The maximum atomic E-state index is 13.3. The van der Waals surface area contributed by atoms with Gasteiger partial charge in [-0.05, 0) is 54.8 Å². The third kappa shape index (κ3) is 10.7. The van der Waals surface area contributed by atoms with Crippen molar-refractivity contribution in [3.8, 4) is 29.3 Å². The second-order valence-electron chi connectivity index (χ2n) is 10.4. The van der Waals surface area contributed by atoms with Crippen molar-refractivity contribution in [2.45, 2.75) is 50.9 Å². The zero-order valence-corrected chi connectivity index (χ0v) is 25.0. The number of hydrogen-bond donors (Lipinski definition) is 3. The molecule has 0 unspecified atom stereocenters. The molecule has 1 aliphatic rings. The van der Waals surface area contributed by atoms with Gasteiger partial charge >= 0.3 is 12.4 Å². The standard InChI is InChI=1S/C31H36F3N5O6/c1-42-26-19-27(43-2)39-30(38-26)44-24-10-6-9-21(18-24)28(40)37-25(17-20-7-4-3-5-8-20)29(41)36-16-15-35-22-11-13-23(14-12-22)45-31(32,33)34/h6,9-14,18-20,25,35H,3-5,7-8,15-17H2,1-2H3,(H,36,41)(H,37,40)/t25-/m0/s1. The molecule has 45 heavy (non-hydrogen) atoms. The number of nitrogens with one attached hydrogen (secondary N) is 3. The highest BCUT2D eigenvalue weighted by atomic mass is 19.4. The maximum absolute atomic E-state index is 13.3. The molecule has 0 aliphatic heterocycles. The Labute approximate surface area is 258 Å². The van der Waals surface area contributed by atoms with Crippen LogP contribution in [0.15, 0.2) is 54.6 Å². The minimum atomic E-state index is -4.76. The van der Waals surface area contributed by atoms with Crippen molar-refractivity contribution in [3.05, 3.63) is 60.2 Å². The van der Waals surface area contributed by atoms with E-state index in [1.807, 2.05) is 0 Å². The predicted molar refractivity (Wildman–Crippen MR) is 159 cm³/mol. The summed E-state index contributed by atoms with van der Waals surface area (Å²) in [7, 11) is 2.90. The van der Waals surface area contributed by atoms with Gasteiger partial charge in [0.05, 0.1) is 20.3 Å². The van der Waals surface area contributed by atoms with Crippen LogP contribution in [0.4, 0.5) is 18.9 Å². The normalized spacial score (nSPS) is 14.2. The zero-order chi connectivity index (χ0) is 32.2. The van der Waals surface area contributed by atoms with Crippen LogP contribution in [0, 0.1) is 5.92 Å². The van der Waals surface area contributed by atoms with Crippen LogP contribution in [-0.4, -0.2) is 61.5 Å². The van der Waals surface area contributed by atoms with Gasteiger partial charge in [-0.2, -0.15) is 9.97 Å². The second-order valence-corrected chi connectivity index (χ2v) is 10.4. The van der Waals surface area contributed by atoms with Crippen LogP contribution in [-0.2, 0) is 4.79 Å². The number of benzene rings is 2. The molecule has 3 aromatic rings. The van der Waals surface area contributed by atoms with Crippen LogP contribution in [0.5, 0.6) is 29.3 Å². The van der Waals surface area contributed by atoms with E-state index in [-0.39, 0.29) is 41.5 Å². The summed E-state index contributed by atoms with van der Waals surface area (Å²) in [5, 5.41) is 8.78. The Kier molecular flexibility index (Phi) is 11.7. The van der Waals surface area contributed by atoms with Gasteiger partial charge in [0, 0.05) is 24.3 Å². The Morgan fingerprint density at radius 2 is 1.60 bits per heavy atom. The Balaban J connectivity index is 1.36. The van der Waals surface area contributed by atoms with Crippen molar-refractivity contribution < 1.29 is 41.7 Å². The summed E-state index contributed by atoms with van der Waals surface area (Å²) in [5.41, 5.74) is 0.842. The van der Waals surface area contributed by atoms with Gasteiger partial charge < -0.3 is 34.9 Å². The van der Waals surface area contributed by atoms with Crippen molar-refractivity contribution in [1.82, 2.24) is 20.6 Å². The molecule has 1 fully saturated rings. The smallest absolute Gasteiger partial charge is 0.481 e. The van der Waals surface area contributed by atoms with Crippen LogP contribution in [0.3, 0.4) is 0 Å². The molecule has 4 rings (SSSR count). The first-order chi connectivity index (χ1) is 21.6.